The molecule has 0 aliphatic rings. The fourth-order valence-electron chi connectivity index (χ4n) is 2.88. The molecule has 7 heteroatoms. The van der Waals surface area contributed by atoms with Gasteiger partial charge in [-0.15, -0.1) is 0 Å². The number of hydrogen-bond donors (Lipinski definition) is 3. The Morgan fingerprint density at radius 2 is 1.72 bits per heavy atom. The van der Waals surface area contributed by atoms with Crippen molar-refractivity contribution in [2.24, 2.45) is 0 Å². The Balaban J connectivity index is 1.80. The Labute approximate surface area is 167 Å². The summed E-state index contributed by atoms with van der Waals surface area (Å²) in [5.41, 5.74) is 2.44. The van der Waals surface area contributed by atoms with E-state index in [1.807, 2.05) is 30.3 Å². The Bertz CT molecular complexity index is 981. The lowest BCUT2D eigenvalue weighted by atomic mass is 10.0. The van der Waals surface area contributed by atoms with Crippen LogP contribution in [0.25, 0.3) is 11.1 Å². The minimum absolute atomic E-state index is 0.0273. The molecule has 1 aromatic heterocycles. The van der Waals surface area contributed by atoms with Crippen molar-refractivity contribution in [2.75, 3.05) is 11.9 Å². The van der Waals surface area contributed by atoms with Crippen molar-refractivity contribution in [1.29, 1.82) is 0 Å². The van der Waals surface area contributed by atoms with Crippen molar-refractivity contribution in [1.82, 2.24) is 10.3 Å². The summed E-state index contributed by atoms with van der Waals surface area (Å²) in [4.78, 5) is 27.7. The predicted molar refractivity (Wildman–Crippen MR) is 108 cm³/mol. The van der Waals surface area contributed by atoms with Crippen LogP contribution in [0.4, 0.5) is 10.1 Å². The number of aliphatic carboxylic acids is 1. The van der Waals surface area contributed by atoms with Crippen LogP contribution < -0.4 is 10.6 Å². The van der Waals surface area contributed by atoms with Crippen molar-refractivity contribution < 1.29 is 19.1 Å². The number of anilines is 1. The van der Waals surface area contributed by atoms with Gasteiger partial charge in [-0.25, -0.2) is 4.39 Å². The molecule has 0 saturated carbocycles. The summed E-state index contributed by atoms with van der Waals surface area (Å²) in [6.45, 7) is -0.384. The molecule has 1 atom stereocenters. The highest BCUT2D eigenvalue weighted by molar-refractivity contribution is 5.96. The number of rotatable bonds is 8. The van der Waals surface area contributed by atoms with Crippen LogP contribution in [-0.4, -0.2) is 34.6 Å². The summed E-state index contributed by atoms with van der Waals surface area (Å²) in [6, 6.07) is 16.4. The van der Waals surface area contributed by atoms with Crippen molar-refractivity contribution in [3.05, 3.63) is 84.4 Å². The van der Waals surface area contributed by atoms with Gasteiger partial charge in [0.05, 0.1) is 18.3 Å². The van der Waals surface area contributed by atoms with Gasteiger partial charge in [0.15, 0.2) is 0 Å². The van der Waals surface area contributed by atoms with Crippen molar-refractivity contribution >= 4 is 17.6 Å². The smallest absolute Gasteiger partial charge is 0.317 e. The molecule has 29 heavy (non-hydrogen) atoms. The number of amides is 1. The van der Waals surface area contributed by atoms with Gasteiger partial charge in [0.1, 0.15) is 5.82 Å². The molecule has 0 spiro atoms. The number of hydrogen-bond acceptors (Lipinski definition) is 4. The second-order valence-corrected chi connectivity index (χ2v) is 6.44. The highest BCUT2D eigenvalue weighted by atomic mass is 19.1. The standard InChI is InChI=1S/C22H20FN3O3/c23-18-7-6-17(16-8-10-24-11-9-16)13-19(18)26-22(29)20(25-14-21(27)28)12-15-4-2-1-3-5-15/h1-11,13,20,25H,12,14H2,(H,26,29)(H,27,28)/t20-/m0/s1. The molecule has 0 fully saturated rings. The predicted octanol–water partition coefficient (Wildman–Crippen LogP) is 3.11. The SMILES string of the molecule is O=C(O)CN[C@@H](Cc1ccccc1)C(=O)Nc1cc(-c2ccncc2)ccc1F. The van der Waals surface area contributed by atoms with Gasteiger partial charge in [-0.1, -0.05) is 36.4 Å². The quantitative estimate of drug-likeness (QED) is 0.547. The molecule has 0 aliphatic heterocycles. The molecule has 3 aromatic rings. The van der Waals surface area contributed by atoms with Crippen LogP contribution in [0, 0.1) is 5.82 Å². The largest absolute Gasteiger partial charge is 0.480 e. The van der Waals surface area contributed by atoms with E-state index >= 15 is 0 Å². The highest BCUT2D eigenvalue weighted by Gasteiger charge is 2.21. The van der Waals surface area contributed by atoms with Gasteiger partial charge in [0.25, 0.3) is 0 Å². The van der Waals surface area contributed by atoms with Crippen LogP contribution in [-0.2, 0) is 16.0 Å². The molecule has 1 amide bonds. The third kappa shape index (κ3) is 5.70. The molecule has 148 valence electrons. The van der Waals surface area contributed by atoms with E-state index < -0.39 is 23.7 Å². The monoisotopic (exact) mass is 393 g/mol. The van der Waals surface area contributed by atoms with E-state index in [9.17, 15) is 14.0 Å². The molecule has 0 radical (unpaired) electrons. The van der Waals surface area contributed by atoms with E-state index in [1.54, 1.807) is 36.7 Å². The second kappa shape index (κ2) is 9.57. The molecule has 0 bridgehead atoms. The number of pyridine rings is 1. The van der Waals surface area contributed by atoms with Gasteiger partial charge in [-0.05, 0) is 47.4 Å². The summed E-state index contributed by atoms with van der Waals surface area (Å²) in [6.07, 6.45) is 3.52. The molecule has 0 saturated heterocycles. The van der Waals surface area contributed by atoms with Crippen LogP contribution in [0.1, 0.15) is 5.56 Å². The number of carboxylic acid groups (broad SMARTS) is 1. The molecule has 0 aliphatic carbocycles. The van der Waals surface area contributed by atoms with Crippen molar-refractivity contribution in [3.8, 4) is 11.1 Å². The normalized spacial score (nSPS) is 11.6. The van der Waals surface area contributed by atoms with Crippen molar-refractivity contribution in [2.45, 2.75) is 12.5 Å². The maximum absolute atomic E-state index is 14.3. The Morgan fingerprint density at radius 1 is 1.00 bits per heavy atom. The molecule has 2 aromatic carbocycles. The zero-order valence-electron chi connectivity index (χ0n) is 15.5. The molecule has 0 unspecified atom stereocenters. The fraction of sp³-hybridized carbons (Fsp3) is 0.136. The number of nitrogens with zero attached hydrogens (tertiary/aromatic N) is 1. The van der Waals surface area contributed by atoms with Crippen LogP contribution >= 0.6 is 0 Å². The Kier molecular flexibility index (Phi) is 6.65. The first-order chi connectivity index (χ1) is 14.0. The van der Waals surface area contributed by atoms with E-state index in [0.717, 1.165) is 16.7 Å². The van der Waals surface area contributed by atoms with E-state index in [1.165, 1.54) is 6.07 Å². The van der Waals surface area contributed by atoms with E-state index in [4.69, 9.17) is 5.11 Å². The van der Waals surface area contributed by atoms with Gasteiger partial charge >= 0.3 is 5.97 Å². The van der Waals surface area contributed by atoms with Crippen LogP contribution in [0.2, 0.25) is 0 Å². The third-order valence-electron chi connectivity index (χ3n) is 4.34. The molecule has 3 rings (SSSR count). The first-order valence-corrected chi connectivity index (χ1v) is 9.03. The summed E-state index contributed by atoms with van der Waals surface area (Å²) in [7, 11) is 0. The van der Waals surface area contributed by atoms with E-state index in [0.29, 0.717) is 0 Å². The van der Waals surface area contributed by atoms with E-state index in [-0.39, 0.29) is 18.7 Å². The minimum atomic E-state index is -1.08. The summed E-state index contributed by atoms with van der Waals surface area (Å²) in [5, 5.41) is 14.2. The lowest BCUT2D eigenvalue weighted by Crippen LogP contribution is -2.44. The number of halogens is 1. The summed E-state index contributed by atoms with van der Waals surface area (Å²) >= 11 is 0. The molecule has 6 nitrogen and oxygen atoms in total. The first-order valence-electron chi connectivity index (χ1n) is 9.03. The summed E-state index contributed by atoms with van der Waals surface area (Å²) < 4.78 is 14.3. The van der Waals surface area contributed by atoms with Gasteiger partial charge in [-0.2, -0.15) is 0 Å². The maximum Gasteiger partial charge on any atom is 0.317 e. The lowest BCUT2D eigenvalue weighted by molar-refractivity contribution is -0.136. The van der Waals surface area contributed by atoms with Gasteiger partial charge < -0.3 is 10.4 Å². The molecular weight excluding hydrogens is 373 g/mol. The second-order valence-electron chi connectivity index (χ2n) is 6.44. The van der Waals surface area contributed by atoms with E-state index in [2.05, 4.69) is 15.6 Å². The van der Waals surface area contributed by atoms with Crippen LogP contribution in [0.15, 0.2) is 73.1 Å². The highest BCUT2D eigenvalue weighted by Crippen LogP contribution is 2.24. The molecule has 1 heterocycles. The van der Waals surface area contributed by atoms with Gasteiger partial charge in [0.2, 0.25) is 5.91 Å². The van der Waals surface area contributed by atoms with Crippen molar-refractivity contribution in [3.63, 3.8) is 0 Å². The fourth-order valence-corrected chi connectivity index (χ4v) is 2.88. The minimum Gasteiger partial charge on any atom is -0.480 e. The van der Waals surface area contributed by atoms with Gasteiger partial charge in [-0.3, -0.25) is 19.9 Å². The van der Waals surface area contributed by atoms with Crippen LogP contribution in [0.5, 0.6) is 0 Å². The number of carbonyl (C=O) groups excluding carboxylic acids is 1. The summed E-state index contributed by atoms with van der Waals surface area (Å²) in [5.74, 6) is -2.17. The topological polar surface area (TPSA) is 91.3 Å². The van der Waals surface area contributed by atoms with Crippen LogP contribution in [0.3, 0.4) is 0 Å². The first kappa shape index (κ1) is 20.2. The Morgan fingerprint density at radius 3 is 2.41 bits per heavy atom. The van der Waals surface area contributed by atoms with Gasteiger partial charge in [0, 0.05) is 12.4 Å². The number of benzene rings is 2. The average molecular weight is 393 g/mol. The lowest BCUT2D eigenvalue weighted by Gasteiger charge is -2.18. The number of carbonyl (C=O) groups is 2. The number of nitrogens with one attached hydrogen (secondary N) is 2. The molecular formula is C22H20FN3O3. The third-order valence-corrected chi connectivity index (χ3v) is 4.34. The average Bonchev–Trinajstić information content (AvgIpc) is 2.74. The maximum atomic E-state index is 14.3. The zero-order chi connectivity index (χ0) is 20.6. The Hall–Kier alpha value is -3.58. The zero-order valence-corrected chi connectivity index (χ0v) is 15.5. The molecule has 3 N–H and O–H groups in total. The number of carboxylic acids is 1. The number of aromatic nitrogens is 1.